The van der Waals surface area contributed by atoms with Crippen molar-refractivity contribution in [1.82, 2.24) is 20.3 Å². The number of urea groups is 1. The number of carbonyl (C=O) groups excluding carboxylic acids is 3. The van der Waals surface area contributed by atoms with Gasteiger partial charge in [-0.2, -0.15) is 0 Å². The Bertz CT molecular complexity index is 793. The maximum absolute atomic E-state index is 12.3. The molecule has 0 unspecified atom stereocenters. The molecule has 1 aromatic carbocycles. The standard InChI is InChI=1S/C15H14N4O4/c20-13(5-11-10-3-1-2-4-12(10)23-17-11)18-7-9(8-18)19-14(21)6-16-15(19)22/h1-4,9H,5-8H2,(H,16,22). The fourth-order valence-electron chi connectivity index (χ4n) is 2.95. The van der Waals surface area contributed by atoms with Crippen LogP contribution in [-0.2, 0) is 16.0 Å². The van der Waals surface area contributed by atoms with E-state index < -0.39 is 0 Å². The van der Waals surface area contributed by atoms with Gasteiger partial charge in [0, 0.05) is 18.5 Å². The molecule has 2 saturated heterocycles. The lowest BCUT2D eigenvalue weighted by Gasteiger charge is -2.42. The highest BCUT2D eigenvalue weighted by Gasteiger charge is 2.42. The largest absolute Gasteiger partial charge is 0.356 e. The number of nitrogens with one attached hydrogen (secondary N) is 1. The first-order valence-corrected chi connectivity index (χ1v) is 7.34. The van der Waals surface area contributed by atoms with E-state index in [1.807, 2.05) is 18.2 Å². The molecule has 2 aromatic rings. The molecule has 23 heavy (non-hydrogen) atoms. The van der Waals surface area contributed by atoms with E-state index >= 15 is 0 Å². The van der Waals surface area contributed by atoms with E-state index in [-0.39, 0.29) is 36.9 Å². The highest BCUT2D eigenvalue weighted by atomic mass is 16.5. The van der Waals surface area contributed by atoms with Gasteiger partial charge in [0.15, 0.2) is 5.58 Å². The van der Waals surface area contributed by atoms with Crippen LogP contribution in [0.25, 0.3) is 11.0 Å². The van der Waals surface area contributed by atoms with Crippen LogP contribution < -0.4 is 5.32 Å². The summed E-state index contributed by atoms with van der Waals surface area (Å²) in [5, 5.41) is 7.25. The Morgan fingerprint density at radius 2 is 2.09 bits per heavy atom. The molecule has 4 amide bonds. The Kier molecular flexibility index (Phi) is 3.03. The van der Waals surface area contributed by atoms with Crippen molar-refractivity contribution in [1.29, 1.82) is 0 Å². The molecule has 0 saturated carbocycles. The molecule has 8 nitrogen and oxygen atoms in total. The van der Waals surface area contributed by atoms with Crippen molar-refractivity contribution < 1.29 is 18.9 Å². The van der Waals surface area contributed by atoms with Gasteiger partial charge in [-0.15, -0.1) is 0 Å². The lowest BCUT2D eigenvalue weighted by Crippen LogP contribution is -2.62. The zero-order valence-electron chi connectivity index (χ0n) is 12.2. The number of para-hydroxylation sites is 1. The number of rotatable bonds is 3. The number of fused-ring (bicyclic) bond motifs is 1. The summed E-state index contributed by atoms with van der Waals surface area (Å²) in [7, 11) is 0. The van der Waals surface area contributed by atoms with Crippen molar-refractivity contribution in [3.8, 4) is 0 Å². The van der Waals surface area contributed by atoms with Gasteiger partial charge in [-0.3, -0.25) is 14.5 Å². The molecule has 0 aliphatic carbocycles. The van der Waals surface area contributed by atoms with Gasteiger partial charge in [0.1, 0.15) is 5.69 Å². The number of benzene rings is 1. The second-order valence-corrected chi connectivity index (χ2v) is 5.68. The Morgan fingerprint density at radius 3 is 2.83 bits per heavy atom. The van der Waals surface area contributed by atoms with Crippen LogP contribution >= 0.6 is 0 Å². The van der Waals surface area contributed by atoms with Crippen LogP contribution in [0.1, 0.15) is 5.69 Å². The topological polar surface area (TPSA) is 95.8 Å². The third kappa shape index (κ3) is 2.23. The Hall–Kier alpha value is -2.90. The van der Waals surface area contributed by atoms with E-state index in [2.05, 4.69) is 10.5 Å². The Balaban J connectivity index is 1.40. The summed E-state index contributed by atoms with van der Waals surface area (Å²) in [6, 6.07) is 6.76. The van der Waals surface area contributed by atoms with E-state index in [0.717, 1.165) is 5.39 Å². The van der Waals surface area contributed by atoms with Crippen molar-refractivity contribution in [2.75, 3.05) is 19.6 Å². The van der Waals surface area contributed by atoms with Crippen LogP contribution in [0, 0.1) is 0 Å². The van der Waals surface area contributed by atoms with Gasteiger partial charge in [-0.05, 0) is 12.1 Å². The summed E-state index contributed by atoms with van der Waals surface area (Å²) >= 11 is 0. The highest BCUT2D eigenvalue weighted by molar-refractivity contribution is 6.02. The van der Waals surface area contributed by atoms with E-state index in [0.29, 0.717) is 24.4 Å². The van der Waals surface area contributed by atoms with E-state index in [4.69, 9.17) is 4.52 Å². The van der Waals surface area contributed by atoms with Gasteiger partial charge < -0.3 is 14.7 Å². The number of hydrogen-bond donors (Lipinski definition) is 1. The molecule has 2 aliphatic heterocycles. The van der Waals surface area contributed by atoms with Crippen molar-refractivity contribution in [3.63, 3.8) is 0 Å². The number of nitrogens with zero attached hydrogens (tertiary/aromatic N) is 3. The summed E-state index contributed by atoms with van der Waals surface area (Å²) in [5.74, 6) is -0.332. The highest BCUT2D eigenvalue weighted by Crippen LogP contribution is 2.22. The number of aromatic nitrogens is 1. The molecule has 4 rings (SSSR count). The van der Waals surface area contributed by atoms with Crippen LogP contribution in [0.15, 0.2) is 28.8 Å². The summed E-state index contributed by atoms with van der Waals surface area (Å²) in [5.41, 5.74) is 1.25. The second kappa shape index (κ2) is 5.08. The van der Waals surface area contributed by atoms with Crippen molar-refractivity contribution in [3.05, 3.63) is 30.0 Å². The second-order valence-electron chi connectivity index (χ2n) is 5.68. The molecule has 0 bridgehead atoms. The van der Waals surface area contributed by atoms with Crippen molar-refractivity contribution >= 4 is 28.8 Å². The summed E-state index contributed by atoms with van der Waals surface area (Å²) in [6.07, 6.45) is 0.143. The van der Waals surface area contributed by atoms with Gasteiger partial charge in [0.2, 0.25) is 11.8 Å². The van der Waals surface area contributed by atoms with Crippen LogP contribution in [0.4, 0.5) is 4.79 Å². The van der Waals surface area contributed by atoms with Crippen molar-refractivity contribution in [2.45, 2.75) is 12.5 Å². The summed E-state index contributed by atoms with van der Waals surface area (Å²) in [4.78, 5) is 38.3. The average molecular weight is 314 g/mol. The first-order chi connectivity index (χ1) is 11.1. The van der Waals surface area contributed by atoms with Gasteiger partial charge in [0.25, 0.3) is 0 Å². The van der Waals surface area contributed by atoms with Crippen LogP contribution in [0.5, 0.6) is 0 Å². The van der Waals surface area contributed by atoms with Crippen LogP contribution in [0.3, 0.4) is 0 Å². The molecule has 0 atom stereocenters. The predicted molar refractivity (Wildman–Crippen MR) is 78.3 cm³/mol. The molecule has 2 fully saturated rings. The third-order valence-electron chi connectivity index (χ3n) is 4.23. The maximum Gasteiger partial charge on any atom is 0.324 e. The lowest BCUT2D eigenvalue weighted by molar-refractivity contribution is -0.141. The van der Waals surface area contributed by atoms with Gasteiger partial charge in [0.05, 0.1) is 19.0 Å². The molecule has 1 aromatic heterocycles. The predicted octanol–water partition coefficient (Wildman–Crippen LogP) is 0.133. The smallest absolute Gasteiger partial charge is 0.324 e. The van der Waals surface area contributed by atoms with E-state index in [1.165, 1.54) is 4.90 Å². The molecule has 0 radical (unpaired) electrons. The lowest BCUT2D eigenvalue weighted by atomic mass is 10.1. The molecule has 0 spiro atoms. The number of amides is 4. The minimum absolute atomic E-state index is 0.0359. The molecular weight excluding hydrogens is 300 g/mol. The first-order valence-electron chi connectivity index (χ1n) is 7.34. The number of carbonyl (C=O) groups is 3. The maximum atomic E-state index is 12.3. The SMILES string of the molecule is O=C(Cc1noc2ccccc12)N1CC(N2C(=O)CNC2=O)C1. The van der Waals surface area contributed by atoms with E-state index in [1.54, 1.807) is 11.0 Å². The van der Waals surface area contributed by atoms with Crippen LogP contribution in [0.2, 0.25) is 0 Å². The van der Waals surface area contributed by atoms with Gasteiger partial charge >= 0.3 is 6.03 Å². The Labute approximate surface area is 131 Å². The van der Waals surface area contributed by atoms with E-state index in [9.17, 15) is 14.4 Å². The van der Waals surface area contributed by atoms with Crippen molar-refractivity contribution in [2.24, 2.45) is 0 Å². The summed E-state index contributed by atoms with van der Waals surface area (Å²) in [6.45, 7) is 0.774. The molecule has 118 valence electrons. The quantitative estimate of drug-likeness (QED) is 0.813. The van der Waals surface area contributed by atoms with Gasteiger partial charge in [-0.25, -0.2) is 4.79 Å². The molecule has 8 heteroatoms. The fourth-order valence-corrected chi connectivity index (χ4v) is 2.95. The number of likely N-dealkylation sites (tertiary alicyclic amines) is 1. The fraction of sp³-hybridized carbons (Fsp3) is 0.333. The number of hydrogen-bond acceptors (Lipinski definition) is 5. The third-order valence-corrected chi connectivity index (χ3v) is 4.23. The zero-order valence-corrected chi connectivity index (χ0v) is 12.2. The molecule has 3 heterocycles. The minimum atomic E-state index is -0.380. The molecule has 2 aliphatic rings. The molecular formula is C15H14N4O4. The average Bonchev–Trinajstić information content (AvgIpc) is 3.04. The summed E-state index contributed by atoms with van der Waals surface area (Å²) < 4.78 is 5.19. The monoisotopic (exact) mass is 314 g/mol. The Morgan fingerprint density at radius 1 is 1.30 bits per heavy atom. The minimum Gasteiger partial charge on any atom is -0.356 e. The zero-order chi connectivity index (χ0) is 16.0. The van der Waals surface area contributed by atoms with Gasteiger partial charge in [-0.1, -0.05) is 17.3 Å². The van der Waals surface area contributed by atoms with Crippen LogP contribution in [-0.4, -0.2) is 58.5 Å². The normalized spacial score (nSPS) is 18.4. The number of imide groups is 1. The molecule has 1 N–H and O–H groups in total. The first kappa shape index (κ1) is 13.7.